The number of nitrogens with one attached hydrogen (secondary N) is 1. The smallest absolute Gasteiger partial charge is 0.143 e. The Bertz CT molecular complexity index is 653. The first-order valence-corrected chi connectivity index (χ1v) is 11.2. The lowest BCUT2D eigenvalue weighted by Gasteiger charge is -2.35. The van der Waals surface area contributed by atoms with Crippen molar-refractivity contribution in [3.8, 4) is 5.75 Å². The predicted octanol–water partition coefficient (Wildman–Crippen LogP) is 5.25. The first kappa shape index (κ1) is 25.3. The van der Waals surface area contributed by atoms with E-state index in [1.807, 2.05) is 20.8 Å². The zero-order chi connectivity index (χ0) is 21.6. The Hall–Kier alpha value is -1.78. The minimum absolute atomic E-state index is 0.320. The van der Waals surface area contributed by atoms with Gasteiger partial charge < -0.3 is 19.7 Å². The van der Waals surface area contributed by atoms with Gasteiger partial charge in [0.1, 0.15) is 12.4 Å². The van der Waals surface area contributed by atoms with E-state index in [4.69, 9.17) is 9.47 Å². The molecule has 0 saturated heterocycles. The van der Waals surface area contributed by atoms with Crippen molar-refractivity contribution in [1.82, 2.24) is 5.32 Å². The van der Waals surface area contributed by atoms with Crippen LogP contribution in [0.3, 0.4) is 0 Å². The lowest BCUT2D eigenvalue weighted by molar-refractivity contribution is 0.201. The fraction of sp³-hybridized carbons (Fsp3) is 0.600. The standard InChI is InChI=1S/C23H36N2O2.C2H6/c1-6-8-9-10-18(3)22-19(4)20(11-12-24-7-2)17-21-23(22)25(13-15-26-5)14-16-27-21;1-2/h6,8-10,17-18,24H,7,11-16H2,1-5H3;1-2H3/b8-6-,10-9-;. The molecule has 1 aliphatic heterocycles. The third-order valence-corrected chi connectivity index (χ3v) is 5.16. The average Bonchev–Trinajstić information content (AvgIpc) is 2.74. The molecule has 0 radical (unpaired) electrons. The van der Waals surface area contributed by atoms with Crippen LogP contribution in [-0.2, 0) is 11.2 Å². The molecule has 0 aliphatic carbocycles. The summed E-state index contributed by atoms with van der Waals surface area (Å²) in [6.07, 6.45) is 9.59. The van der Waals surface area contributed by atoms with E-state index in [2.05, 4.69) is 61.4 Å². The second kappa shape index (κ2) is 14.2. The number of benzene rings is 1. The molecule has 1 atom stereocenters. The molecule has 164 valence electrons. The Morgan fingerprint density at radius 2 is 2.07 bits per heavy atom. The number of hydrogen-bond acceptors (Lipinski definition) is 4. The van der Waals surface area contributed by atoms with Gasteiger partial charge in [-0.1, -0.05) is 52.0 Å². The maximum atomic E-state index is 6.11. The monoisotopic (exact) mass is 402 g/mol. The van der Waals surface area contributed by atoms with Gasteiger partial charge in [0.05, 0.1) is 18.8 Å². The summed E-state index contributed by atoms with van der Waals surface area (Å²) in [5.74, 6) is 1.34. The maximum absolute atomic E-state index is 6.11. The fourth-order valence-corrected chi connectivity index (χ4v) is 3.71. The van der Waals surface area contributed by atoms with E-state index in [-0.39, 0.29) is 0 Å². The molecule has 1 aliphatic rings. The van der Waals surface area contributed by atoms with Gasteiger partial charge in [0.15, 0.2) is 0 Å². The van der Waals surface area contributed by atoms with Crippen LogP contribution in [0.25, 0.3) is 0 Å². The average molecular weight is 403 g/mol. The lowest BCUT2D eigenvalue weighted by atomic mass is 9.88. The van der Waals surface area contributed by atoms with Gasteiger partial charge in [0.2, 0.25) is 0 Å². The lowest BCUT2D eigenvalue weighted by Crippen LogP contribution is -2.36. The zero-order valence-electron chi connectivity index (χ0n) is 19.7. The van der Waals surface area contributed by atoms with Gasteiger partial charge in [-0.3, -0.25) is 0 Å². The molecule has 4 heteroatoms. The Morgan fingerprint density at radius 3 is 2.72 bits per heavy atom. The molecule has 1 aromatic rings. The number of hydrogen-bond donors (Lipinski definition) is 1. The number of likely N-dealkylation sites (N-methyl/N-ethyl adjacent to an activating group) is 1. The second-order valence-electron chi connectivity index (χ2n) is 7.05. The molecular weight excluding hydrogens is 360 g/mol. The van der Waals surface area contributed by atoms with Crippen molar-refractivity contribution >= 4 is 5.69 Å². The molecule has 1 unspecified atom stereocenters. The third kappa shape index (κ3) is 7.20. The van der Waals surface area contributed by atoms with Gasteiger partial charge >= 0.3 is 0 Å². The van der Waals surface area contributed by atoms with Crippen LogP contribution in [-0.4, -0.2) is 46.5 Å². The molecule has 0 fully saturated rings. The maximum Gasteiger partial charge on any atom is 0.143 e. The van der Waals surface area contributed by atoms with Crippen LogP contribution in [0.15, 0.2) is 30.4 Å². The van der Waals surface area contributed by atoms with Crippen molar-refractivity contribution in [2.24, 2.45) is 0 Å². The first-order valence-electron chi connectivity index (χ1n) is 11.2. The number of allylic oxidation sites excluding steroid dienone is 4. The summed E-state index contributed by atoms with van der Waals surface area (Å²) in [5, 5.41) is 3.44. The Kier molecular flexibility index (Phi) is 12.4. The summed E-state index contributed by atoms with van der Waals surface area (Å²) >= 11 is 0. The van der Waals surface area contributed by atoms with Gasteiger partial charge in [-0.05, 0) is 56.1 Å². The summed E-state index contributed by atoms with van der Waals surface area (Å²) in [6.45, 7) is 18.0. The van der Waals surface area contributed by atoms with E-state index >= 15 is 0 Å². The zero-order valence-corrected chi connectivity index (χ0v) is 19.7. The number of nitrogens with zero attached hydrogens (tertiary/aromatic N) is 1. The third-order valence-electron chi connectivity index (χ3n) is 5.16. The van der Waals surface area contributed by atoms with Gasteiger partial charge in [0.25, 0.3) is 0 Å². The van der Waals surface area contributed by atoms with Crippen molar-refractivity contribution in [3.63, 3.8) is 0 Å². The van der Waals surface area contributed by atoms with Crippen LogP contribution >= 0.6 is 0 Å². The number of fused-ring (bicyclic) bond motifs is 1. The Labute approximate surface area is 179 Å². The Balaban J connectivity index is 0.00000204. The highest BCUT2D eigenvalue weighted by Crippen LogP contribution is 2.43. The highest BCUT2D eigenvalue weighted by Gasteiger charge is 2.26. The molecule has 0 spiro atoms. The topological polar surface area (TPSA) is 33.7 Å². The summed E-state index contributed by atoms with van der Waals surface area (Å²) in [6, 6.07) is 2.26. The van der Waals surface area contributed by atoms with Crippen LogP contribution in [0.2, 0.25) is 0 Å². The van der Waals surface area contributed by atoms with E-state index in [9.17, 15) is 0 Å². The Morgan fingerprint density at radius 1 is 1.31 bits per heavy atom. The highest BCUT2D eigenvalue weighted by atomic mass is 16.5. The molecule has 0 saturated carbocycles. The van der Waals surface area contributed by atoms with Crippen molar-refractivity contribution in [2.45, 2.75) is 53.9 Å². The van der Waals surface area contributed by atoms with Crippen LogP contribution in [0, 0.1) is 6.92 Å². The van der Waals surface area contributed by atoms with Gasteiger partial charge in [-0.25, -0.2) is 0 Å². The molecule has 0 aromatic heterocycles. The number of rotatable bonds is 10. The molecule has 4 nitrogen and oxygen atoms in total. The minimum Gasteiger partial charge on any atom is -0.490 e. The molecule has 1 N–H and O–H groups in total. The number of methoxy groups -OCH3 is 1. The van der Waals surface area contributed by atoms with Crippen LogP contribution in [0.5, 0.6) is 5.75 Å². The molecule has 1 aromatic carbocycles. The van der Waals surface area contributed by atoms with Gasteiger partial charge in [-0.2, -0.15) is 0 Å². The molecule has 0 bridgehead atoms. The van der Waals surface area contributed by atoms with Crippen molar-refractivity contribution in [2.75, 3.05) is 51.4 Å². The van der Waals surface area contributed by atoms with Crippen molar-refractivity contribution < 1.29 is 9.47 Å². The van der Waals surface area contributed by atoms with E-state index in [1.54, 1.807) is 7.11 Å². The summed E-state index contributed by atoms with van der Waals surface area (Å²) < 4.78 is 11.5. The largest absolute Gasteiger partial charge is 0.490 e. The molecule has 1 heterocycles. The number of anilines is 1. The first-order chi connectivity index (χ1) is 14.1. The molecular formula is C25H42N2O2. The number of ether oxygens (including phenoxy) is 2. The van der Waals surface area contributed by atoms with E-state index in [0.29, 0.717) is 5.92 Å². The quantitative estimate of drug-likeness (QED) is 0.428. The van der Waals surface area contributed by atoms with Gasteiger partial charge in [0, 0.05) is 19.6 Å². The van der Waals surface area contributed by atoms with Crippen LogP contribution < -0.4 is 15.0 Å². The van der Waals surface area contributed by atoms with Crippen LogP contribution in [0.4, 0.5) is 5.69 Å². The van der Waals surface area contributed by atoms with Crippen molar-refractivity contribution in [3.05, 3.63) is 47.1 Å². The molecule has 29 heavy (non-hydrogen) atoms. The summed E-state index contributed by atoms with van der Waals surface area (Å²) in [5.41, 5.74) is 5.40. The van der Waals surface area contributed by atoms with E-state index in [1.165, 1.54) is 22.4 Å². The van der Waals surface area contributed by atoms with E-state index < -0.39 is 0 Å². The normalized spacial score (nSPS) is 14.5. The van der Waals surface area contributed by atoms with Crippen molar-refractivity contribution in [1.29, 1.82) is 0 Å². The van der Waals surface area contributed by atoms with E-state index in [0.717, 1.165) is 51.6 Å². The minimum atomic E-state index is 0.320. The fourth-order valence-electron chi connectivity index (χ4n) is 3.71. The molecule has 0 amide bonds. The second-order valence-corrected chi connectivity index (χ2v) is 7.05. The van der Waals surface area contributed by atoms with Crippen LogP contribution in [0.1, 0.15) is 57.2 Å². The summed E-state index contributed by atoms with van der Waals surface area (Å²) in [7, 11) is 1.76. The van der Waals surface area contributed by atoms with Gasteiger partial charge in [-0.15, -0.1) is 0 Å². The molecule has 2 rings (SSSR count). The summed E-state index contributed by atoms with van der Waals surface area (Å²) in [4.78, 5) is 2.43. The highest BCUT2D eigenvalue weighted by molar-refractivity contribution is 5.70. The SMILES string of the molecule is C/C=C\C=C/C(C)c1c(C)c(CCNCC)cc2c1N(CCOC)CCO2.CC. The predicted molar refractivity (Wildman–Crippen MR) is 127 cm³/mol.